The van der Waals surface area contributed by atoms with E-state index in [9.17, 15) is 0 Å². The average Bonchev–Trinajstić information content (AvgIpc) is 3.49. The second-order valence-corrected chi connectivity index (χ2v) is 10.2. The number of hydrogen-bond acceptors (Lipinski definition) is 1. The lowest BCUT2D eigenvalue weighted by Gasteiger charge is -2.21. The minimum absolute atomic E-state index is 0.0159. The molecule has 0 N–H and O–H groups in total. The summed E-state index contributed by atoms with van der Waals surface area (Å²) in [5.74, 6) is 0. The van der Waals surface area contributed by atoms with Crippen molar-refractivity contribution in [3.8, 4) is 16.8 Å². The number of benzene rings is 5. The Labute approximate surface area is 203 Å². The van der Waals surface area contributed by atoms with E-state index in [2.05, 4.69) is 109 Å². The van der Waals surface area contributed by atoms with E-state index in [1.165, 1.54) is 44.1 Å². The van der Waals surface area contributed by atoms with Crippen LogP contribution in [0.5, 0.6) is 0 Å². The maximum Gasteiger partial charge on any atom is 0.135 e. The molecule has 2 aromatic heterocycles. The summed E-state index contributed by atoms with van der Waals surface area (Å²) >= 11 is 0. The maximum absolute atomic E-state index is 6.11. The molecule has 1 aliphatic rings. The first-order valence-corrected chi connectivity index (χ1v) is 12.2. The summed E-state index contributed by atoms with van der Waals surface area (Å²) in [6.45, 7) is 4.70. The van der Waals surface area contributed by atoms with Crippen molar-refractivity contribution in [3.05, 3.63) is 114 Å². The number of furan rings is 1. The van der Waals surface area contributed by atoms with Crippen LogP contribution in [0, 0.1) is 0 Å². The highest BCUT2D eigenvalue weighted by Crippen LogP contribution is 2.51. The summed E-state index contributed by atoms with van der Waals surface area (Å²) in [6, 6.07) is 37.3. The molecule has 166 valence electrons. The molecule has 1 aliphatic carbocycles. The third kappa shape index (κ3) is 2.39. The van der Waals surface area contributed by atoms with Gasteiger partial charge in [-0.2, -0.15) is 0 Å². The van der Waals surface area contributed by atoms with Crippen molar-refractivity contribution in [2.75, 3.05) is 0 Å². The van der Waals surface area contributed by atoms with E-state index in [-0.39, 0.29) is 5.41 Å². The van der Waals surface area contributed by atoms with E-state index in [4.69, 9.17) is 4.42 Å². The lowest BCUT2D eigenvalue weighted by atomic mass is 9.82. The van der Waals surface area contributed by atoms with Crippen molar-refractivity contribution in [2.45, 2.75) is 19.3 Å². The third-order valence-electron chi connectivity index (χ3n) is 7.99. The molecule has 2 heterocycles. The van der Waals surface area contributed by atoms with E-state index < -0.39 is 0 Å². The van der Waals surface area contributed by atoms with Crippen molar-refractivity contribution in [2.24, 2.45) is 0 Å². The molecule has 35 heavy (non-hydrogen) atoms. The Morgan fingerprint density at radius 1 is 0.543 bits per heavy atom. The molecular weight excluding hydrogens is 426 g/mol. The third-order valence-corrected chi connectivity index (χ3v) is 7.99. The van der Waals surface area contributed by atoms with Gasteiger partial charge in [0.2, 0.25) is 0 Å². The Hall–Kier alpha value is -4.30. The first-order chi connectivity index (χ1) is 17.1. The summed E-state index contributed by atoms with van der Waals surface area (Å²) in [5.41, 5.74) is 11.0. The monoisotopic (exact) mass is 449 g/mol. The van der Waals surface area contributed by atoms with Crippen molar-refractivity contribution in [1.29, 1.82) is 0 Å². The molecule has 2 heteroatoms. The Bertz CT molecular complexity index is 1980. The zero-order valence-electron chi connectivity index (χ0n) is 19.7. The van der Waals surface area contributed by atoms with Crippen LogP contribution in [0.1, 0.15) is 25.0 Å². The molecule has 7 aromatic rings. The van der Waals surface area contributed by atoms with Gasteiger partial charge in [0, 0.05) is 32.6 Å². The van der Waals surface area contributed by atoms with Gasteiger partial charge >= 0.3 is 0 Å². The van der Waals surface area contributed by atoms with Crippen LogP contribution in [0.2, 0.25) is 0 Å². The van der Waals surface area contributed by atoms with E-state index in [0.717, 1.165) is 27.6 Å². The molecule has 0 spiro atoms. The van der Waals surface area contributed by atoms with Gasteiger partial charge in [-0.05, 0) is 64.7 Å². The largest absolute Gasteiger partial charge is 0.456 e. The topological polar surface area (TPSA) is 18.1 Å². The van der Waals surface area contributed by atoms with E-state index in [0.29, 0.717) is 0 Å². The molecular formula is C33H23NO. The molecule has 0 fully saturated rings. The summed E-state index contributed by atoms with van der Waals surface area (Å²) in [4.78, 5) is 0. The summed E-state index contributed by atoms with van der Waals surface area (Å²) in [6.07, 6.45) is 0. The molecule has 0 amide bonds. The predicted molar refractivity (Wildman–Crippen MR) is 146 cm³/mol. The van der Waals surface area contributed by atoms with Crippen LogP contribution < -0.4 is 0 Å². The van der Waals surface area contributed by atoms with Gasteiger partial charge in [0.15, 0.2) is 0 Å². The highest BCUT2D eigenvalue weighted by atomic mass is 16.3. The van der Waals surface area contributed by atoms with Crippen molar-refractivity contribution in [3.63, 3.8) is 0 Å². The summed E-state index contributed by atoms with van der Waals surface area (Å²) in [7, 11) is 0. The van der Waals surface area contributed by atoms with Crippen LogP contribution in [-0.2, 0) is 5.41 Å². The molecule has 0 saturated carbocycles. The quantitative estimate of drug-likeness (QED) is 0.244. The van der Waals surface area contributed by atoms with Gasteiger partial charge in [-0.3, -0.25) is 0 Å². The molecule has 0 unspecified atom stereocenters. The molecule has 5 aromatic carbocycles. The maximum atomic E-state index is 6.11. The standard InChI is InChI=1S/C33H23NO/c1-33(2)27-12-6-3-9-21(27)24-19-30-25(18-28(24)33)22-10-4-7-13-29(22)34(30)20-15-16-32-26(17-20)23-11-5-8-14-31(23)35-32/h3-19H,1-2H3. The minimum atomic E-state index is -0.0159. The van der Waals surface area contributed by atoms with Gasteiger partial charge in [0.05, 0.1) is 11.0 Å². The molecule has 2 nitrogen and oxygen atoms in total. The Morgan fingerprint density at radius 3 is 2.20 bits per heavy atom. The second kappa shape index (κ2) is 6.43. The fourth-order valence-electron chi connectivity index (χ4n) is 6.29. The van der Waals surface area contributed by atoms with E-state index in [1.54, 1.807) is 0 Å². The zero-order chi connectivity index (χ0) is 23.3. The SMILES string of the molecule is CC1(C)c2ccccc2-c2cc3c(cc21)c1ccccc1n3-c1ccc2oc3ccccc3c2c1. The molecule has 0 saturated heterocycles. The van der Waals surface area contributed by atoms with Gasteiger partial charge in [0.25, 0.3) is 0 Å². The molecule has 0 atom stereocenters. The fourth-order valence-corrected chi connectivity index (χ4v) is 6.29. The highest BCUT2D eigenvalue weighted by molar-refractivity contribution is 6.12. The van der Waals surface area contributed by atoms with Crippen LogP contribution in [0.25, 0.3) is 60.6 Å². The molecule has 8 rings (SSSR count). The lowest BCUT2D eigenvalue weighted by Crippen LogP contribution is -2.14. The minimum Gasteiger partial charge on any atom is -0.456 e. The first-order valence-electron chi connectivity index (χ1n) is 12.2. The van der Waals surface area contributed by atoms with E-state index in [1.807, 2.05) is 12.1 Å². The fraction of sp³-hybridized carbons (Fsp3) is 0.0909. The average molecular weight is 450 g/mol. The Kier molecular flexibility index (Phi) is 3.50. The first kappa shape index (κ1) is 19.1. The van der Waals surface area contributed by atoms with E-state index >= 15 is 0 Å². The van der Waals surface area contributed by atoms with Crippen LogP contribution in [0.15, 0.2) is 108 Å². The normalized spacial score (nSPS) is 14.2. The number of fused-ring (bicyclic) bond motifs is 9. The second-order valence-electron chi connectivity index (χ2n) is 10.2. The predicted octanol–water partition coefficient (Wildman–Crippen LogP) is 8.99. The number of nitrogens with zero attached hydrogens (tertiary/aromatic N) is 1. The number of hydrogen-bond donors (Lipinski definition) is 0. The van der Waals surface area contributed by atoms with Gasteiger partial charge in [-0.1, -0.05) is 74.5 Å². The zero-order valence-corrected chi connectivity index (χ0v) is 19.7. The van der Waals surface area contributed by atoms with Crippen molar-refractivity contribution < 1.29 is 4.42 Å². The van der Waals surface area contributed by atoms with Gasteiger partial charge in [0.1, 0.15) is 11.2 Å². The number of aromatic nitrogens is 1. The summed E-state index contributed by atoms with van der Waals surface area (Å²) in [5, 5.41) is 4.89. The smallest absolute Gasteiger partial charge is 0.135 e. The van der Waals surface area contributed by atoms with Crippen LogP contribution in [-0.4, -0.2) is 4.57 Å². The van der Waals surface area contributed by atoms with Gasteiger partial charge < -0.3 is 8.98 Å². The number of rotatable bonds is 1. The lowest BCUT2D eigenvalue weighted by molar-refractivity contribution is 0.661. The Balaban J connectivity index is 1.50. The van der Waals surface area contributed by atoms with Crippen molar-refractivity contribution in [1.82, 2.24) is 4.57 Å². The Morgan fingerprint density at radius 2 is 1.29 bits per heavy atom. The molecule has 0 radical (unpaired) electrons. The summed E-state index contributed by atoms with van der Waals surface area (Å²) < 4.78 is 8.53. The van der Waals surface area contributed by atoms with Gasteiger partial charge in [-0.25, -0.2) is 0 Å². The van der Waals surface area contributed by atoms with Crippen molar-refractivity contribution >= 4 is 43.7 Å². The highest BCUT2D eigenvalue weighted by Gasteiger charge is 2.36. The number of para-hydroxylation sites is 2. The van der Waals surface area contributed by atoms with Gasteiger partial charge in [-0.15, -0.1) is 0 Å². The van der Waals surface area contributed by atoms with Crippen LogP contribution in [0.3, 0.4) is 0 Å². The van der Waals surface area contributed by atoms with Crippen LogP contribution >= 0.6 is 0 Å². The molecule has 0 aliphatic heterocycles. The van der Waals surface area contributed by atoms with Crippen LogP contribution in [0.4, 0.5) is 0 Å². The molecule has 0 bridgehead atoms.